The second-order valence-electron chi connectivity index (χ2n) is 7.03. The zero-order valence-electron chi connectivity index (χ0n) is 16.3. The Morgan fingerprint density at radius 3 is 2.72 bits per heavy atom. The van der Waals surface area contributed by atoms with Gasteiger partial charge in [-0.25, -0.2) is 4.79 Å². The minimum Gasteiger partial charge on any atom is -0.462 e. The number of hydrogen-bond acceptors (Lipinski definition) is 8. The zero-order valence-corrected chi connectivity index (χ0v) is 18.0. The summed E-state index contributed by atoms with van der Waals surface area (Å²) in [6, 6.07) is 0.244. The third-order valence-corrected chi connectivity index (χ3v) is 5.57. The van der Waals surface area contributed by atoms with E-state index < -0.39 is 54.7 Å². The Balaban J connectivity index is 2.00. The van der Waals surface area contributed by atoms with Gasteiger partial charge in [-0.3, -0.25) is 19.1 Å². The van der Waals surface area contributed by atoms with Crippen molar-refractivity contribution in [2.45, 2.75) is 63.2 Å². The second-order valence-corrected chi connectivity index (χ2v) is 8.87. The molecule has 2 heterocycles. The third-order valence-electron chi connectivity index (χ3n) is 4.18. The standard InChI is InChI=1S/C16H23ClN3O8P/c1-8(2)27-13(23)9(3)19-29(25)26-7-10-12(22)16(4,17)14(28-10)20-6-5-11(21)18-15(20)24/h5-6,8-10,12,14,22H,7H2,1-4H3,(H-,18,19,21,24,25)/p+1. The van der Waals surface area contributed by atoms with E-state index in [0.717, 1.165) is 10.6 Å². The van der Waals surface area contributed by atoms with Crippen LogP contribution in [-0.2, 0) is 23.4 Å². The Morgan fingerprint density at radius 2 is 2.14 bits per heavy atom. The molecule has 0 amide bonds. The number of aromatic amines is 1. The topological polar surface area (TPSA) is 149 Å². The van der Waals surface area contributed by atoms with E-state index in [9.17, 15) is 24.1 Å². The second kappa shape index (κ2) is 9.46. The fraction of sp³-hybridized carbons (Fsp3) is 0.688. The molecular formula is C16H24ClN3O8P+. The molecule has 0 spiro atoms. The van der Waals surface area contributed by atoms with Gasteiger partial charge in [-0.05, 0) is 32.3 Å². The lowest BCUT2D eigenvalue weighted by molar-refractivity contribution is -0.149. The van der Waals surface area contributed by atoms with Crippen molar-refractivity contribution < 1.29 is 28.5 Å². The predicted molar refractivity (Wildman–Crippen MR) is 103 cm³/mol. The van der Waals surface area contributed by atoms with E-state index in [-0.39, 0.29) is 12.7 Å². The lowest BCUT2D eigenvalue weighted by Gasteiger charge is -2.26. The molecule has 0 aliphatic carbocycles. The quantitative estimate of drug-likeness (QED) is 0.289. The SMILES string of the molecule is CC(C)OC(=O)C(C)N[P+](=O)OCC1OC(n2ccc(=O)[nH]c2=O)C(C)(Cl)C1O. The summed E-state index contributed by atoms with van der Waals surface area (Å²) in [6.45, 7) is 5.98. The molecule has 6 unspecified atom stereocenters. The summed E-state index contributed by atoms with van der Waals surface area (Å²) in [7, 11) is -2.47. The molecule has 0 saturated carbocycles. The normalized spacial score (nSPS) is 28.4. The molecule has 3 N–H and O–H groups in total. The number of carbonyl (C=O) groups is 1. The van der Waals surface area contributed by atoms with Crippen LogP contribution in [0.15, 0.2) is 21.9 Å². The van der Waals surface area contributed by atoms with Gasteiger partial charge >= 0.3 is 19.8 Å². The molecule has 1 aromatic heterocycles. The van der Waals surface area contributed by atoms with Crippen molar-refractivity contribution in [3.8, 4) is 0 Å². The molecule has 6 atom stereocenters. The van der Waals surface area contributed by atoms with Crippen LogP contribution in [-0.4, -0.2) is 56.5 Å². The molecule has 0 aromatic carbocycles. The molecule has 1 aliphatic heterocycles. The molecule has 1 aromatic rings. The lowest BCUT2D eigenvalue weighted by Crippen LogP contribution is -2.43. The van der Waals surface area contributed by atoms with E-state index in [1.807, 2.05) is 0 Å². The summed E-state index contributed by atoms with van der Waals surface area (Å²) in [5, 5.41) is 12.9. The fourth-order valence-corrected chi connectivity index (χ4v) is 3.76. The van der Waals surface area contributed by atoms with Crippen LogP contribution in [0.3, 0.4) is 0 Å². The maximum Gasteiger partial charge on any atom is 0.613 e. The van der Waals surface area contributed by atoms with Gasteiger partial charge in [0.05, 0.1) is 6.10 Å². The average Bonchev–Trinajstić information content (AvgIpc) is 2.82. The third kappa shape index (κ3) is 5.71. The monoisotopic (exact) mass is 452 g/mol. The highest BCUT2D eigenvalue weighted by molar-refractivity contribution is 7.36. The summed E-state index contributed by atoms with van der Waals surface area (Å²) in [5.41, 5.74) is -1.34. The molecule has 13 heteroatoms. The molecule has 29 heavy (non-hydrogen) atoms. The molecule has 1 fully saturated rings. The first kappa shape index (κ1) is 23.7. The molecule has 1 aliphatic rings. The largest absolute Gasteiger partial charge is 0.613 e. The van der Waals surface area contributed by atoms with E-state index in [0.29, 0.717) is 0 Å². The zero-order chi connectivity index (χ0) is 21.9. The van der Waals surface area contributed by atoms with Crippen molar-refractivity contribution in [3.63, 3.8) is 0 Å². The number of rotatable bonds is 8. The highest BCUT2D eigenvalue weighted by atomic mass is 35.5. The average molecular weight is 453 g/mol. The maximum absolute atomic E-state index is 12.1. The number of aliphatic hydroxyl groups is 1. The fourth-order valence-electron chi connectivity index (χ4n) is 2.69. The highest BCUT2D eigenvalue weighted by Crippen LogP contribution is 2.43. The van der Waals surface area contributed by atoms with Crippen molar-refractivity contribution in [2.75, 3.05) is 6.61 Å². The number of aliphatic hydroxyl groups excluding tert-OH is 1. The number of carbonyl (C=O) groups excluding carboxylic acids is 1. The summed E-state index contributed by atoms with van der Waals surface area (Å²) >= 11 is 6.38. The first-order valence-corrected chi connectivity index (χ1v) is 10.4. The van der Waals surface area contributed by atoms with Crippen LogP contribution < -0.4 is 16.3 Å². The van der Waals surface area contributed by atoms with Gasteiger partial charge in [0.2, 0.25) is 0 Å². The molecule has 11 nitrogen and oxygen atoms in total. The van der Waals surface area contributed by atoms with Crippen LogP contribution in [0.2, 0.25) is 0 Å². The Morgan fingerprint density at radius 1 is 1.48 bits per heavy atom. The van der Waals surface area contributed by atoms with E-state index in [2.05, 4.69) is 10.1 Å². The molecule has 2 rings (SSSR count). The molecule has 0 bridgehead atoms. The minimum absolute atomic E-state index is 0.317. The molecule has 1 saturated heterocycles. The van der Waals surface area contributed by atoms with Crippen LogP contribution >= 0.6 is 19.8 Å². The van der Waals surface area contributed by atoms with Gasteiger partial charge in [-0.1, -0.05) is 5.09 Å². The summed E-state index contributed by atoms with van der Waals surface area (Å²) in [6.07, 6.45) is -2.52. The van der Waals surface area contributed by atoms with Crippen molar-refractivity contribution in [1.82, 2.24) is 14.6 Å². The van der Waals surface area contributed by atoms with Gasteiger partial charge in [0.25, 0.3) is 5.56 Å². The molecule has 0 radical (unpaired) electrons. The number of nitrogens with one attached hydrogen (secondary N) is 2. The van der Waals surface area contributed by atoms with Crippen molar-refractivity contribution >= 4 is 25.7 Å². The predicted octanol–water partition coefficient (Wildman–Crippen LogP) is 0.396. The number of halogens is 1. The van der Waals surface area contributed by atoms with Gasteiger partial charge in [0, 0.05) is 12.3 Å². The number of aromatic nitrogens is 2. The number of hydrogen-bond donors (Lipinski definition) is 3. The van der Waals surface area contributed by atoms with Gasteiger partial charge in [0.1, 0.15) is 29.7 Å². The number of alkyl halides is 1. The molecule has 162 valence electrons. The first-order valence-electron chi connectivity index (χ1n) is 8.84. The highest BCUT2D eigenvalue weighted by Gasteiger charge is 2.54. The maximum atomic E-state index is 12.1. The minimum atomic E-state index is -2.47. The Bertz CT molecular complexity index is 870. The smallest absolute Gasteiger partial charge is 0.462 e. The van der Waals surface area contributed by atoms with Crippen molar-refractivity contribution in [1.29, 1.82) is 0 Å². The van der Waals surface area contributed by atoms with Gasteiger partial charge < -0.3 is 14.6 Å². The van der Waals surface area contributed by atoms with Crippen LogP contribution in [0.1, 0.15) is 33.9 Å². The Hall–Kier alpha value is -1.62. The first-order chi connectivity index (χ1) is 13.4. The number of ether oxygens (including phenoxy) is 2. The van der Waals surface area contributed by atoms with Gasteiger partial charge in [-0.15, -0.1) is 16.1 Å². The van der Waals surface area contributed by atoms with Crippen LogP contribution in [0.4, 0.5) is 0 Å². The van der Waals surface area contributed by atoms with E-state index in [1.165, 1.54) is 20.0 Å². The van der Waals surface area contributed by atoms with Crippen molar-refractivity contribution in [3.05, 3.63) is 33.1 Å². The molecular weight excluding hydrogens is 429 g/mol. The summed E-state index contributed by atoms with van der Waals surface area (Å²) in [5.74, 6) is -0.588. The summed E-state index contributed by atoms with van der Waals surface area (Å²) < 4.78 is 28.9. The van der Waals surface area contributed by atoms with Crippen LogP contribution in [0.25, 0.3) is 0 Å². The number of H-pyrrole nitrogens is 1. The number of nitrogens with zero attached hydrogens (tertiary/aromatic N) is 1. The van der Waals surface area contributed by atoms with Crippen molar-refractivity contribution in [2.24, 2.45) is 0 Å². The summed E-state index contributed by atoms with van der Waals surface area (Å²) in [4.78, 5) is 35.6. The Kier molecular flexibility index (Phi) is 7.72. The Labute approximate surface area is 172 Å². The number of esters is 1. The van der Waals surface area contributed by atoms with Crippen LogP contribution in [0.5, 0.6) is 0 Å². The van der Waals surface area contributed by atoms with Gasteiger partial charge in [0.15, 0.2) is 6.23 Å². The lowest BCUT2D eigenvalue weighted by atomic mass is 10.0. The van der Waals surface area contributed by atoms with E-state index in [4.69, 9.17) is 25.6 Å². The van der Waals surface area contributed by atoms with Gasteiger partial charge in [-0.2, -0.15) is 0 Å². The van der Waals surface area contributed by atoms with Crippen LogP contribution in [0, 0.1) is 0 Å². The van der Waals surface area contributed by atoms with E-state index >= 15 is 0 Å². The van der Waals surface area contributed by atoms with E-state index in [1.54, 1.807) is 13.8 Å².